The Morgan fingerprint density at radius 2 is 2.05 bits per heavy atom. The minimum Gasteiger partial charge on any atom is -0.327 e. The highest BCUT2D eigenvalue weighted by Crippen LogP contribution is 2.26. The molecule has 0 N–H and O–H groups in total. The topological polar surface area (TPSA) is 17.8 Å². The SMILES string of the molecule is CC(C)C(C)Cn1c(CCl)nc2cc(F)c(Br)cc21. The first-order valence-corrected chi connectivity index (χ1v) is 7.67. The molecule has 0 radical (unpaired) electrons. The van der Waals surface area contributed by atoms with E-state index in [1.807, 2.05) is 0 Å². The zero-order valence-electron chi connectivity index (χ0n) is 11.3. The van der Waals surface area contributed by atoms with Crippen molar-refractivity contribution in [1.82, 2.24) is 9.55 Å². The number of hydrogen-bond acceptors (Lipinski definition) is 1. The molecule has 1 heterocycles. The lowest BCUT2D eigenvalue weighted by molar-refractivity contribution is 0.365. The highest BCUT2D eigenvalue weighted by Gasteiger charge is 2.16. The van der Waals surface area contributed by atoms with Gasteiger partial charge in [-0.25, -0.2) is 9.37 Å². The van der Waals surface area contributed by atoms with E-state index in [-0.39, 0.29) is 5.82 Å². The molecular formula is C14H17BrClFN2. The van der Waals surface area contributed by atoms with Crippen LogP contribution in [0.25, 0.3) is 11.0 Å². The van der Waals surface area contributed by atoms with Gasteiger partial charge >= 0.3 is 0 Å². The molecule has 19 heavy (non-hydrogen) atoms. The second-order valence-electron chi connectivity index (χ2n) is 5.25. The predicted octanol–water partition coefficient (Wildman–Crippen LogP) is 4.97. The van der Waals surface area contributed by atoms with Gasteiger partial charge in [-0.3, -0.25) is 0 Å². The van der Waals surface area contributed by atoms with Gasteiger partial charge in [0, 0.05) is 12.6 Å². The van der Waals surface area contributed by atoms with Crippen molar-refractivity contribution < 1.29 is 4.39 Å². The van der Waals surface area contributed by atoms with E-state index in [0.29, 0.717) is 27.7 Å². The lowest BCUT2D eigenvalue weighted by atomic mass is 9.98. The average Bonchev–Trinajstić information content (AvgIpc) is 2.67. The second-order valence-corrected chi connectivity index (χ2v) is 6.37. The molecule has 0 amide bonds. The largest absolute Gasteiger partial charge is 0.327 e. The van der Waals surface area contributed by atoms with Gasteiger partial charge in [0.05, 0.1) is 21.4 Å². The summed E-state index contributed by atoms with van der Waals surface area (Å²) in [4.78, 5) is 4.42. The second kappa shape index (κ2) is 5.80. The summed E-state index contributed by atoms with van der Waals surface area (Å²) < 4.78 is 16.1. The smallest absolute Gasteiger partial charge is 0.139 e. The van der Waals surface area contributed by atoms with Gasteiger partial charge in [-0.1, -0.05) is 20.8 Å². The summed E-state index contributed by atoms with van der Waals surface area (Å²) in [6.07, 6.45) is 0. The van der Waals surface area contributed by atoms with E-state index in [0.717, 1.165) is 17.9 Å². The average molecular weight is 348 g/mol. The number of benzene rings is 1. The molecule has 0 saturated heterocycles. The molecule has 1 aromatic heterocycles. The fourth-order valence-electron chi connectivity index (χ4n) is 1.97. The van der Waals surface area contributed by atoms with Gasteiger partial charge in [0.15, 0.2) is 0 Å². The van der Waals surface area contributed by atoms with Gasteiger partial charge in [0.1, 0.15) is 11.6 Å². The van der Waals surface area contributed by atoms with E-state index in [1.165, 1.54) is 6.07 Å². The predicted molar refractivity (Wildman–Crippen MR) is 81.0 cm³/mol. The van der Waals surface area contributed by atoms with Gasteiger partial charge in [0.2, 0.25) is 0 Å². The summed E-state index contributed by atoms with van der Waals surface area (Å²) in [7, 11) is 0. The molecule has 0 bridgehead atoms. The summed E-state index contributed by atoms with van der Waals surface area (Å²) >= 11 is 9.19. The van der Waals surface area contributed by atoms with Crippen LogP contribution in [-0.4, -0.2) is 9.55 Å². The van der Waals surface area contributed by atoms with Crippen LogP contribution in [0.15, 0.2) is 16.6 Å². The van der Waals surface area contributed by atoms with Gasteiger partial charge < -0.3 is 4.57 Å². The van der Waals surface area contributed by atoms with Crippen molar-refractivity contribution in [2.24, 2.45) is 11.8 Å². The first kappa shape index (κ1) is 14.8. The summed E-state index contributed by atoms with van der Waals surface area (Å²) in [5.74, 6) is 1.91. The Morgan fingerprint density at radius 1 is 1.37 bits per heavy atom. The van der Waals surface area contributed by atoms with Crippen LogP contribution in [0.1, 0.15) is 26.6 Å². The third-order valence-electron chi connectivity index (χ3n) is 3.60. The maximum Gasteiger partial charge on any atom is 0.139 e. The van der Waals surface area contributed by atoms with Gasteiger partial charge in [-0.2, -0.15) is 0 Å². The molecule has 0 saturated carbocycles. The zero-order valence-corrected chi connectivity index (χ0v) is 13.6. The summed E-state index contributed by atoms with van der Waals surface area (Å²) in [6.45, 7) is 7.43. The molecule has 5 heteroatoms. The Hall–Kier alpha value is -0.610. The van der Waals surface area contributed by atoms with Crippen LogP contribution in [0, 0.1) is 17.7 Å². The molecular weight excluding hydrogens is 331 g/mol. The van der Waals surface area contributed by atoms with Crippen LogP contribution in [0.5, 0.6) is 0 Å². The van der Waals surface area contributed by atoms with Crippen LogP contribution >= 0.6 is 27.5 Å². The maximum atomic E-state index is 13.6. The number of aromatic nitrogens is 2. The van der Waals surface area contributed by atoms with Crippen molar-refractivity contribution in [2.75, 3.05) is 0 Å². The van der Waals surface area contributed by atoms with Crippen molar-refractivity contribution in [3.63, 3.8) is 0 Å². The molecule has 2 aromatic rings. The highest BCUT2D eigenvalue weighted by molar-refractivity contribution is 9.10. The first-order valence-electron chi connectivity index (χ1n) is 6.34. The van der Waals surface area contributed by atoms with E-state index >= 15 is 0 Å². The maximum absolute atomic E-state index is 13.6. The quantitative estimate of drug-likeness (QED) is 0.714. The molecule has 2 nitrogen and oxygen atoms in total. The molecule has 1 atom stereocenters. The van der Waals surface area contributed by atoms with Crippen molar-refractivity contribution in [2.45, 2.75) is 33.2 Å². The number of nitrogens with zero attached hydrogens (tertiary/aromatic N) is 2. The normalized spacial score (nSPS) is 13.4. The minimum absolute atomic E-state index is 0.296. The number of rotatable bonds is 4. The first-order chi connectivity index (χ1) is 8.93. The van der Waals surface area contributed by atoms with E-state index in [4.69, 9.17) is 11.6 Å². The van der Waals surface area contributed by atoms with Crippen molar-refractivity contribution in [3.8, 4) is 0 Å². The standard InChI is InChI=1S/C14H17BrClFN2/c1-8(2)9(3)7-19-13-4-10(15)11(17)5-12(13)18-14(19)6-16/h4-5,8-9H,6-7H2,1-3H3. The fraction of sp³-hybridized carbons (Fsp3) is 0.500. The Balaban J connectivity index is 2.53. The summed E-state index contributed by atoms with van der Waals surface area (Å²) in [5, 5.41) is 0. The molecule has 2 rings (SSSR count). The third kappa shape index (κ3) is 2.95. The zero-order chi connectivity index (χ0) is 14.2. The van der Waals surface area contributed by atoms with Crippen LogP contribution in [-0.2, 0) is 12.4 Å². The van der Waals surface area contributed by atoms with E-state index in [9.17, 15) is 4.39 Å². The van der Waals surface area contributed by atoms with Gasteiger partial charge in [-0.15, -0.1) is 11.6 Å². The van der Waals surface area contributed by atoms with Crippen LogP contribution in [0.3, 0.4) is 0 Å². The molecule has 0 spiro atoms. The molecule has 0 aliphatic carbocycles. The fourth-order valence-corrected chi connectivity index (χ4v) is 2.51. The Morgan fingerprint density at radius 3 is 2.63 bits per heavy atom. The Kier molecular flexibility index (Phi) is 4.51. The van der Waals surface area contributed by atoms with Gasteiger partial charge in [-0.05, 0) is 33.8 Å². The van der Waals surface area contributed by atoms with Crippen LogP contribution in [0.4, 0.5) is 4.39 Å². The monoisotopic (exact) mass is 346 g/mol. The van der Waals surface area contributed by atoms with Crippen LogP contribution in [0.2, 0.25) is 0 Å². The summed E-state index contributed by atoms with van der Waals surface area (Å²) in [5.41, 5.74) is 1.59. The molecule has 0 aliphatic rings. The molecule has 1 unspecified atom stereocenters. The lowest BCUT2D eigenvalue weighted by Crippen LogP contribution is -2.14. The van der Waals surface area contributed by atoms with E-state index in [2.05, 4.69) is 46.3 Å². The van der Waals surface area contributed by atoms with Gasteiger partial charge in [0.25, 0.3) is 0 Å². The van der Waals surface area contributed by atoms with E-state index < -0.39 is 0 Å². The number of fused-ring (bicyclic) bond motifs is 1. The molecule has 104 valence electrons. The van der Waals surface area contributed by atoms with E-state index in [1.54, 1.807) is 6.07 Å². The molecule has 0 aliphatic heterocycles. The van der Waals surface area contributed by atoms with Crippen molar-refractivity contribution in [3.05, 3.63) is 28.2 Å². The Bertz CT molecular complexity index is 595. The molecule has 1 aromatic carbocycles. The number of hydrogen-bond donors (Lipinski definition) is 0. The number of imidazole rings is 1. The number of alkyl halides is 1. The minimum atomic E-state index is -0.296. The number of halogens is 3. The van der Waals surface area contributed by atoms with Crippen molar-refractivity contribution in [1.29, 1.82) is 0 Å². The third-order valence-corrected chi connectivity index (χ3v) is 4.44. The Labute approximate surface area is 126 Å². The highest BCUT2D eigenvalue weighted by atomic mass is 79.9. The summed E-state index contributed by atoms with van der Waals surface area (Å²) in [6, 6.07) is 3.23. The molecule has 0 fully saturated rings. The van der Waals surface area contributed by atoms with Crippen molar-refractivity contribution >= 4 is 38.6 Å². The van der Waals surface area contributed by atoms with Crippen LogP contribution < -0.4 is 0 Å². The lowest BCUT2D eigenvalue weighted by Gasteiger charge is -2.18.